The predicted molar refractivity (Wildman–Crippen MR) is 83.3 cm³/mol. The Bertz CT molecular complexity index is 600. The monoisotopic (exact) mass is 304 g/mol. The fraction of sp³-hybridized carbons (Fsp3) is 0.438. The molecule has 6 heteroatoms. The van der Waals surface area contributed by atoms with E-state index in [0.717, 1.165) is 11.1 Å². The molecule has 1 aliphatic rings. The van der Waals surface area contributed by atoms with Crippen LogP contribution in [0.1, 0.15) is 32.8 Å². The molecule has 0 saturated heterocycles. The highest BCUT2D eigenvalue weighted by Crippen LogP contribution is 2.25. The van der Waals surface area contributed by atoms with Crippen LogP contribution in [0.15, 0.2) is 30.3 Å². The standard InChI is InChI=1S/C16H20N2O4/c1-16(2,3)22-15(19)14-10-12(8-9-17-14)11-4-6-13(7-5-11)18(20)21/h4-8,14,17H,9-10H2,1-3H3. The molecule has 0 amide bonds. The van der Waals surface area contributed by atoms with E-state index in [-0.39, 0.29) is 11.7 Å². The Hall–Kier alpha value is -2.21. The predicted octanol–water partition coefficient (Wildman–Crippen LogP) is 2.68. The zero-order valence-corrected chi connectivity index (χ0v) is 13.0. The van der Waals surface area contributed by atoms with Crippen LogP contribution in [0.4, 0.5) is 5.69 Å². The van der Waals surface area contributed by atoms with Gasteiger partial charge < -0.3 is 10.1 Å². The number of ether oxygens (including phenoxy) is 1. The van der Waals surface area contributed by atoms with Gasteiger partial charge in [-0.2, -0.15) is 0 Å². The number of nitro groups is 1. The molecular weight excluding hydrogens is 284 g/mol. The largest absolute Gasteiger partial charge is 0.459 e. The van der Waals surface area contributed by atoms with Crippen molar-refractivity contribution in [2.24, 2.45) is 0 Å². The van der Waals surface area contributed by atoms with E-state index in [9.17, 15) is 14.9 Å². The highest BCUT2D eigenvalue weighted by molar-refractivity contribution is 5.81. The minimum absolute atomic E-state index is 0.0574. The van der Waals surface area contributed by atoms with E-state index in [0.29, 0.717) is 13.0 Å². The summed E-state index contributed by atoms with van der Waals surface area (Å²) in [6, 6.07) is 5.97. The molecule has 1 unspecified atom stereocenters. The van der Waals surface area contributed by atoms with Crippen molar-refractivity contribution in [3.05, 3.63) is 46.0 Å². The van der Waals surface area contributed by atoms with Gasteiger partial charge in [0.1, 0.15) is 11.6 Å². The van der Waals surface area contributed by atoms with E-state index in [1.165, 1.54) is 12.1 Å². The van der Waals surface area contributed by atoms with E-state index < -0.39 is 16.6 Å². The van der Waals surface area contributed by atoms with Crippen molar-refractivity contribution in [3.63, 3.8) is 0 Å². The van der Waals surface area contributed by atoms with E-state index in [4.69, 9.17) is 4.74 Å². The third-order valence-electron chi connectivity index (χ3n) is 3.28. The number of nitro benzene ring substituents is 1. The molecule has 0 aliphatic carbocycles. The third-order valence-corrected chi connectivity index (χ3v) is 3.28. The van der Waals surface area contributed by atoms with Crippen LogP contribution in [-0.2, 0) is 9.53 Å². The van der Waals surface area contributed by atoms with Crippen LogP contribution < -0.4 is 5.32 Å². The average molecular weight is 304 g/mol. The first kappa shape index (κ1) is 16.2. The summed E-state index contributed by atoms with van der Waals surface area (Å²) in [6.45, 7) is 6.07. The number of nitrogens with zero attached hydrogens (tertiary/aromatic N) is 1. The molecule has 118 valence electrons. The van der Waals surface area contributed by atoms with Gasteiger partial charge in [-0.3, -0.25) is 14.9 Å². The van der Waals surface area contributed by atoms with E-state index in [1.54, 1.807) is 12.1 Å². The Morgan fingerprint density at radius 1 is 1.32 bits per heavy atom. The van der Waals surface area contributed by atoms with Crippen molar-refractivity contribution >= 4 is 17.2 Å². The van der Waals surface area contributed by atoms with Gasteiger partial charge in [0.2, 0.25) is 0 Å². The van der Waals surface area contributed by atoms with Crippen LogP contribution in [-0.4, -0.2) is 29.1 Å². The van der Waals surface area contributed by atoms with Gasteiger partial charge in [0.15, 0.2) is 0 Å². The zero-order valence-electron chi connectivity index (χ0n) is 13.0. The molecule has 1 aromatic carbocycles. The van der Waals surface area contributed by atoms with Crippen molar-refractivity contribution in [1.82, 2.24) is 5.32 Å². The molecular formula is C16H20N2O4. The van der Waals surface area contributed by atoms with Crippen LogP contribution in [0.2, 0.25) is 0 Å². The first-order valence-corrected chi connectivity index (χ1v) is 7.16. The SMILES string of the molecule is CC(C)(C)OC(=O)C1CC(c2ccc([N+](=O)[O-])cc2)=CCN1. The number of carbonyl (C=O) groups excluding carboxylic acids is 1. The average Bonchev–Trinajstić information content (AvgIpc) is 2.46. The molecule has 6 nitrogen and oxygen atoms in total. The highest BCUT2D eigenvalue weighted by Gasteiger charge is 2.27. The molecule has 0 saturated carbocycles. The van der Waals surface area contributed by atoms with Gasteiger partial charge in [-0.1, -0.05) is 6.08 Å². The lowest BCUT2D eigenvalue weighted by molar-refractivity contribution is -0.384. The van der Waals surface area contributed by atoms with E-state index in [2.05, 4.69) is 5.32 Å². The van der Waals surface area contributed by atoms with Crippen molar-refractivity contribution < 1.29 is 14.5 Å². The lowest BCUT2D eigenvalue weighted by Crippen LogP contribution is -2.43. The van der Waals surface area contributed by atoms with Gasteiger partial charge >= 0.3 is 5.97 Å². The molecule has 1 heterocycles. The molecule has 1 atom stereocenters. The van der Waals surface area contributed by atoms with Crippen LogP contribution in [0.3, 0.4) is 0 Å². The summed E-state index contributed by atoms with van der Waals surface area (Å²) >= 11 is 0. The molecule has 0 radical (unpaired) electrons. The maximum Gasteiger partial charge on any atom is 0.324 e. The highest BCUT2D eigenvalue weighted by atomic mass is 16.6. The second-order valence-electron chi connectivity index (χ2n) is 6.23. The van der Waals surface area contributed by atoms with Gasteiger partial charge in [0, 0.05) is 18.7 Å². The van der Waals surface area contributed by atoms with E-state index >= 15 is 0 Å². The summed E-state index contributed by atoms with van der Waals surface area (Å²) in [5.41, 5.74) is 1.42. The quantitative estimate of drug-likeness (QED) is 0.527. The number of nitrogens with one attached hydrogen (secondary N) is 1. The minimum atomic E-state index is -0.520. The number of rotatable bonds is 3. The molecule has 1 aliphatic heterocycles. The number of non-ortho nitro benzene ring substituents is 1. The van der Waals surface area contributed by atoms with Crippen LogP contribution in [0, 0.1) is 10.1 Å². The lowest BCUT2D eigenvalue weighted by Gasteiger charge is -2.27. The first-order chi connectivity index (χ1) is 10.3. The first-order valence-electron chi connectivity index (χ1n) is 7.16. The van der Waals surface area contributed by atoms with Crippen LogP contribution in [0.25, 0.3) is 5.57 Å². The number of esters is 1. The van der Waals surface area contributed by atoms with Gasteiger partial charge in [0.25, 0.3) is 5.69 Å². The summed E-state index contributed by atoms with van der Waals surface area (Å²) in [5.74, 6) is -0.278. The fourth-order valence-electron chi connectivity index (χ4n) is 2.27. The van der Waals surface area contributed by atoms with Gasteiger partial charge in [0.05, 0.1) is 4.92 Å². The minimum Gasteiger partial charge on any atom is -0.459 e. The summed E-state index contributed by atoms with van der Waals surface area (Å²) in [4.78, 5) is 22.4. The lowest BCUT2D eigenvalue weighted by atomic mass is 9.95. The van der Waals surface area contributed by atoms with Crippen molar-refractivity contribution in [2.45, 2.75) is 38.8 Å². The normalized spacial score (nSPS) is 18.5. The maximum absolute atomic E-state index is 12.1. The Balaban J connectivity index is 2.08. The molecule has 1 aromatic rings. The Kier molecular flexibility index (Phi) is 4.61. The molecule has 2 rings (SSSR count). The van der Waals surface area contributed by atoms with Crippen LogP contribution in [0.5, 0.6) is 0 Å². The Labute approximate surface area is 129 Å². The summed E-state index contributed by atoms with van der Waals surface area (Å²) in [6.07, 6.45) is 2.49. The number of hydrogen-bond donors (Lipinski definition) is 1. The fourth-order valence-corrected chi connectivity index (χ4v) is 2.27. The third kappa shape index (κ3) is 4.14. The molecule has 22 heavy (non-hydrogen) atoms. The number of benzene rings is 1. The van der Waals surface area contributed by atoms with E-state index in [1.807, 2.05) is 26.8 Å². The second-order valence-corrected chi connectivity index (χ2v) is 6.23. The Morgan fingerprint density at radius 2 is 1.95 bits per heavy atom. The molecule has 0 aromatic heterocycles. The zero-order chi connectivity index (χ0) is 16.3. The van der Waals surface area contributed by atoms with Crippen LogP contribution >= 0.6 is 0 Å². The molecule has 0 spiro atoms. The molecule has 1 N–H and O–H groups in total. The van der Waals surface area contributed by atoms with Crippen molar-refractivity contribution in [1.29, 1.82) is 0 Å². The summed E-state index contributed by atoms with van der Waals surface area (Å²) in [7, 11) is 0. The topological polar surface area (TPSA) is 81.5 Å². The number of carbonyl (C=O) groups is 1. The van der Waals surface area contributed by atoms with Crippen molar-refractivity contribution in [2.75, 3.05) is 6.54 Å². The maximum atomic E-state index is 12.1. The van der Waals surface area contributed by atoms with Gasteiger partial charge in [-0.25, -0.2) is 0 Å². The second kappa shape index (κ2) is 6.27. The van der Waals surface area contributed by atoms with Gasteiger partial charge in [-0.05, 0) is 50.5 Å². The Morgan fingerprint density at radius 3 is 2.50 bits per heavy atom. The van der Waals surface area contributed by atoms with Crippen molar-refractivity contribution in [3.8, 4) is 0 Å². The summed E-state index contributed by atoms with van der Waals surface area (Å²) in [5, 5.41) is 13.8. The van der Waals surface area contributed by atoms with Gasteiger partial charge in [-0.15, -0.1) is 0 Å². The molecule has 0 bridgehead atoms. The smallest absolute Gasteiger partial charge is 0.324 e. The molecule has 0 fully saturated rings. The summed E-state index contributed by atoms with van der Waals surface area (Å²) < 4.78 is 5.39. The number of hydrogen-bond acceptors (Lipinski definition) is 5.